The number of nitrogens with one attached hydrogen (secondary N) is 1. The van der Waals surface area contributed by atoms with Gasteiger partial charge in [-0.05, 0) is 64.0 Å². The number of hydrogen-bond acceptors (Lipinski definition) is 2. The summed E-state index contributed by atoms with van der Waals surface area (Å²) < 4.78 is 0. The molecule has 2 fully saturated rings. The lowest BCUT2D eigenvalue weighted by molar-refractivity contribution is 0.210. The van der Waals surface area contributed by atoms with Crippen molar-refractivity contribution in [3.8, 4) is 0 Å². The van der Waals surface area contributed by atoms with Crippen LogP contribution in [0.3, 0.4) is 0 Å². The predicted octanol–water partition coefficient (Wildman–Crippen LogP) is 2.89. The largest absolute Gasteiger partial charge is 0.310 e. The molecule has 0 aromatic rings. The number of hydrogen-bond donors (Lipinski definition) is 1. The molecule has 2 heteroatoms. The monoisotopic (exact) mass is 238 g/mol. The maximum Gasteiger partial charge on any atom is 0.0169 e. The lowest BCUT2D eigenvalue weighted by atomic mass is 9.80. The molecule has 1 aliphatic carbocycles. The quantitative estimate of drug-likeness (QED) is 0.810. The Morgan fingerprint density at radius 1 is 1.06 bits per heavy atom. The van der Waals surface area contributed by atoms with Crippen LogP contribution in [-0.2, 0) is 0 Å². The van der Waals surface area contributed by atoms with Crippen LogP contribution in [0.15, 0.2) is 0 Å². The number of nitrogens with zero attached hydrogens (tertiary/aromatic N) is 1. The van der Waals surface area contributed by atoms with Crippen LogP contribution in [0.2, 0.25) is 0 Å². The minimum Gasteiger partial charge on any atom is -0.310 e. The second-order valence-electron chi connectivity index (χ2n) is 6.69. The molecule has 2 aliphatic rings. The Morgan fingerprint density at radius 2 is 1.65 bits per heavy atom. The zero-order valence-corrected chi connectivity index (χ0v) is 11.9. The Labute approximate surface area is 107 Å². The van der Waals surface area contributed by atoms with E-state index in [2.05, 4.69) is 31.0 Å². The smallest absolute Gasteiger partial charge is 0.0169 e. The highest BCUT2D eigenvalue weighted by atomic mass is 15.2. The fourth-order valence-corrected chi connectivity index (χ4v) is 3.89. The van der Waals surface area contributed by atoms with Gasteiger partial charge in [0.15, 0.2) is 0 Å². The molecule has 0 spiro atoms. The van der Waals surface area contributed by atoms with E-state index in [1.807, 2.05) is 0 Å². The van der Waals surface area contributed by atoms with Crippen molar-refractivity contribution in [2.45, 2.75) is 65.0 Å². The molecule has 0 bridgehead atoms. The van der Waals surface area contributed by atoms with Gasteiger partial charge >= 0.3 is 0 Å². The summed E-state index contributed by atoms with van der Waals surface area (Å²) in [4.78, 5) is 2.62. The van der Waals surface area contributed by atoms with Crippen molar-refractivity contribution in [1.29, 1.82) is 0 Å². The van der Waals surface area contributed by atoms with Crippen molar-refractivity contribution in [2.24, 2.45) is 11.8 Å². The molecule has 0 aromatic carbocycles. The normalized spacial score (nSPS) is 37.2. The maximum atomic E-state index is 3.86. The Morgan fingerprint density at radius 3 is 2.24 bits per heavy atom. The van der Waals surface area contributed by atoms with Crippen LogP contribution in [0.25, 0.3) is 0 Å². The van der Waals surface area contributed by atoms with E-state index in [0.717, 1.165) is 17.9 Å². The lowest BCUT2D eigenvalue weighted by Crippen LogP contribution is -2.45. The molecule has 100 valence electrons. The molecule has 1 aliphatic heterocycles. The Balaban J connectivity index is 1.71. The molecule has 0 amide bonds. The minimum atomic E-state index is 0.663. The Kier molecular flexibility index (Phi) is 4.87. The number of likely N-dealkylation sites (tertiary alicyclic amines) is 1. The van der Waals surface area contributed by atoms with E-state index in [4.69, 9.17) is 0 Å². The first-order chi connectivity index (χ1) is 8.13. The van der Waals surface area contributed by atoms with E-state index in [1.54, 1.807) is 0 Å². The Bertz CT molecular complexity index is 213. The molecule has 0 radical (unpaired) electrons. The molecule has 1 N–H and O–H groups in total. The standard InChI is InChI=1S/C15H30N2/c1-12-8-13(2)10-15(9-12)16-14(3)11-17-6-4-5-7-17/h12-16H,4-11H2,1-3H3. The van der Waals surface area contributed by atoms with Gasteiger partial charge in [-0.15, -0.1) is 0 Å². The zero-order chi connectivity index (χ0) is 12.3. The van der Waals surface area contributed by atoms with Crippen molar-refractivity contribution in [2.75, 3.05) is 19.6 Å². The topological polar surface area (TPSA) is 15.3 Å². The molecule has 3 unspecified atom stereocenters. The summed E-state index contributed by atoms with van der Waals surface area (Å²) >= 11 is 0. The molecular formula is C15H30N2. The summed E-state index contributed by atoms with van der Waals surface area (Å²) in [5, 5.41) is 3.86. The van der Waals surface area contributed by atoms with Gasteiger partial charge in [0.1, 0.15) is 0 Å². The summed E-state index contributed by atoms with van der Waals surface area (Å²) in [7, 11) is 0. The van der Waals surface area contributed by atoms with Gasteiger partial charge in [-0.1, -0.05) is 13.8 Å². The van der Waals surface area contributed by atoms with E-state index in [9.17, 15) is 0 Å². The van der Waals surface area contributed by atoms with E-state index in [1.165, 1.54) is 51.7 Å². The molecule has 2 nitrogen and oxygen atoms in total. The van der Waals surface area contributed by atoms with E-state index < -0.39 is 0 Å². The zero-order valence-electron chi connectivity index (χ0n) is 11.9. The van der Waals surface area contributed by atoms with Crippen LogP contribution in [0.4, 0.5) is 0 Å². The SMILES string of the molecule is CC1CC(C)CC(NC(C)CN2CCCC2)C1. The van der Waals surface area contributed by atoms with Crippen LogP contribution in [0.5, 0.6) is 0 Å². The highest BCUT2D eigenvalue weighted by molar-refractivity contribution is 4.83. The third kappa shape index (κ3) is 4.26. The minimum absolute atomic E-state index is 0.663. The van der Waals surface area contributed by atoms with Crippen LogP contribution in [-0.4, -0.2) is 36.6 Å². The van der Waals surface area contributed by atoms with Gasteiger partial charge in [0.2, 0.25) is 0 Å². The maximum absolute atomic E-state index is 3.86. The van der Waals surface area contributed by atoms with Crippen molar-refractivity contribution in [3.63, 3.8) is 0 Å². The summed E-state index contributed by atoms with van der Waals surface area (Å²) in [5.41, 5.74) is 0. The fraction of sp³-hybridized carbons (Fsp3) is 1.00. The van der Waals surface area contributed by atoms with Gasteiger partial charge in [0.05, 0.1) is 0 Å². The molecule has 0 aromatic heterocycles. The molecule has 3 atom stereocenters. The van der Waals surface area contributed by atoms with Gasteiger partial charge < -0.3 is 10.2 Å². The molecule has 2 rings (SSSR count). The first kappa shape index (κ1) is 13.4. The van der Waals surface area contributed by atoms with Crippen LogP contribution in [0, 0.1) is 11.8 Å². The average molecular weight is 238 g/mol. The average Bonchev–Trinajstić information content (AvgIpc) is 2.67. The predicted molar refractivity (Wildman–Crippen MR) is 74.2 cm³/mol. The first-order valence-electron chi connectivity index (χ1n) is 7.62. The molecule has 1 heterocycles. The first-order valence-corrected chi connectivity index (χ1v) is 7.62. The second-order valence-corrected chi connectivity index (χ2v) is 6.69. The van der Waals surface area contributed by atoms with Crippen LogP contribution in [0.1, 0.15) is 52.9 Å². The summed E-state index contributed by atoms with van der Waals surface area (Å²) in [6.07, 6.45) is 7.01. The number of rotatable bonds is 4. The van der Waals surface area contributed by atoms with Gasteiger partial charge in [-0.2, -0.15) is 0 Å². The van der Waals surface area contributed by atoms with E-state index in [-0.39, 0.29) is 0 Å². The van der Waals surface area contributed by atoms with Crippen molar-refractivity contribution >= 4 is 0 Å². The molecule has 1 saturated heterocycles. The van der Waals surface area contributed by atoms with Crippen molar-refractivity contribution in [3.05, 3.63) is 0 Å². The highest BCUT2D eigenvalue weighted by Gasteiger charge is 2.25. The third-order valence-electron chi connectivity index (χ3n) is 4.43. The highest BCUT2D eigenvalue weighted by Crippen LogP contribution is 2.28. The van der Waals surface area contributed by atoms with Crippen molar-refractivity contribution in [1.82, 2.24) is 10.2 Å². The second kappa shape index (κ2) is 6.19. The summed E-state index contributed by atoms with van der Waals surface area (Å²) in [6.45, 7) is 11.1. The lowest BCUT2D eigenvalue weighted by Gasteiger charge is -2.34. The Hall–Kier alpha value is -0.0800. The third-order valence-corrected chi connectivity index (χ3v) is 4.43. The van der Waals surface area contributed by atoms with Crippen LogP contribution < -0.4 is 5.32 Å². The van der Waals surface area contributed by atoms with E-state index in [0.29, 0.717) is 6.04 Å². The fourth-order valence-electron chi connectivity index (χ4n) is 3.89. The summed E-state index contributed by atoms with van der Waals surface area (Å²) in [6, 6.07) is 1.43. The van der Waals surface area contributed by atoms with Gasteiger partial charge in [0.25, 0.3) is 0 Å². The van der Waals surface area contributed by atoms with Gasteiger partial charge in [-0.3, -0.25) is 0 Å². The summed E-state index contributed by atoms with van der Waals surface area (Å²) in [5.74, 6) is 1.82. The van der Waals surface area contributed by atoms with Gasteiger partial charge in [0, 0.05) is 18.6 Å². The van der Waals surface area contributed by atoms with E-state index >= 15 is 0 Å². The van der Waals surface area contributed by atoms with Gasteiger partial charge in [-0.25, -0.2) is 0 Å². The molecule has 17 heavy (non-hydrogen) atoms. The molecule has 1 saturated carbocycles. The molecular weight excluding hydrogens is 208 g/mol. The van der Waals surface area contributed by atoms with Crippen molar-refractivity contribution < 1.29 is 0 Å². The van der Waals surface area contributed by atoms with Crippen LogP contribution >= 0.6 is 0 Å².